The molecule has 0 fully saturated rings. The second kappa shape index (κ2) is 6.04. The molecular weight excluding hydrogens is 157 g/mol. The Bertz CT molecular complexity index is 56.9. The van der Waals surface area contributed by atoms with Gasteiger partial charge in [0.1, 0.15) is 0 Å². The van der Waals surface area contributed by atoms with Crippen molar-refractivity contribution < 1.29 is 14.3 Å². The zero-order valence-electron chi connectivity index (χ0n) is 3.15. The van der Waals surface area contributed by atoms with Crippen LogP contribution in [0.3, 0.4) is 0 Å². The Labute approximate surface area is 53.8 Å². The average molecular weight is 165 g/mol. The predicted molar refractivity (Wildman–Crippen MR) is 28.2 cm³/mol. The molecule has 0 unspecified atom stereocenters. The fourth-order valence-electron chi connectivity index (χ4n) is 0.0808. The van der Waals surface area contributed by atoms with E-state index >= 15 is 0 Å². The first-order chi connectivity index (χ1) is 2.77. The molecule has 0 amide bonds. The Hall–Kier alpha value is 0.0364. The van der Waals surface area contributed by atoms with E-state index in [1.54, 1.807) is 0 Å². The zero-order chi connectivity index (χ0) is 4.99. The first-order valence-electron chi connectivity index (χ1n) is 1.55. The number of carboxylic acids is 1. The number of rotatable bonds is 2. The van der Waals surface area contributed by atoms with Crippen molar-refractivity contribution >= 4 is 25.8 Å². The van der Waals surface area contributed by atoms with E-state index in [0.29, 0.717) is 0 Å². The van der Waals surface area contributed by atoms with Crippen molar-refractivity contribution in [3.63, 3.8) is 0 Å². The predicted octanol–water partition coefficient (Wildman–Crippen LogP) is -0.753. The Morgan fingerprint density at radius 2 is 2.14 bits per heavy atom. The fraction of sp³-hybridized carbons (Fsp3) is 0.667. The van der Waals surface area contributed by atoms with E-state index in [1.165, 1.54) is 0 Å². The topological polar surface area (TPSA) is 37.3 Å². The molecular formula is C3H8FGaO2. The Balaban J connectivity index is 0. The summed E-state index contributed by atoms with van der Waals surface area (Å²) >= 11 is 0. The molecule has 0 atom stereocenters. The standard InChI is InChI=1S/C3H5FO2.Ga.3H/c4-2-1-3(5)6;;;;/h1-2H2,(H,5,6);;;;. The molecule has 0 saturated heterocycles. The monoisotopic (exact) mass is 164 g/mol. The van der Waals surface area contributed by atoms with E-state index in [-0.39, 0.29) is 26.2 Å². The van der Waals surface area contributed by atoms with Crippen molar-refractivity contribution in [2.75, 3.05) is 6.67 Å². The summed E-state index contributed by atoms with van der Waals surface area (Å²) in [6.07, 6.45) is -0.375. The first-order valence-corrected chi connectivity index (χ1v) is 1.55. The molecule has 0 bridgehead atoms. The molecule has 7 heavy (non-hydrogen) atoms. The number of hydrogen-bond acceptors (Lipinski definition) is 1. The quantitative estimate of drug-likeness (QED) is 0.546. The van der Waals surface area contributed by atoms with Crippen LogP contribution in [0.2, 0.25) is 0 Å². The molecule has 0 radical (unpaired) electrons. The van der Waals surface area contributed by atoms with E-state index in [1.807, 2.05) is 0 Å². The molecule has 42 valence electrons. The molecule has 0 spiro atoms. The second-order valence-corrected chi connectivity index (χ2v) is 0.833. The third-order valence-electron chi connectivity index (χ3n) is 0.308. The van der Waals surface area contributed by atoms with E-state index in [4.69, 9.17) is 5.11 Å². The van der Waals surface area contributed by atoms with Crippen LogP contribution < -0.4 is 0 Å². The molecule has 4 heteroatoms. The second-order valence-electron chi connectivity index (χ2n) is 0.833. The van der Waals surface area contributed by atoms with Gasteiger partial charge in [-0.15, -0.1) is 0 Å². The van der Waals surface area contributed by atoms with Crippen molar-refractivity contribution in [1.29, 1.82) is 0 Å². The van der Waals surface area contributed by atoms with E-state index in [0.717, 1.165) is 0 Å². The fourth-order valence-corrected chi connectivity index (χ4v) is 0.0808. The molecule has 0 aromatic heterocycles. The van der Waals surface area contributed by atoms with Gasteiger partial charge in [-0.25, -0.2) is 0 Å². The number of carbonyl (C=O) groups is 1. The van der Waals surface area contributed by atoms with Gasteiger partial charge in [0.25, 0.3) is 0 Å². The van der Waals surface area contributed by atoms with Crippen molar-refractivity contribution in [2.45, 2.75) is 6.42 Å². The third kappa shape index (κ3) is 10.7. The maximum absolute atomic E-state index is 10.9. The average Bonchev–Trinajstić information content (AvgIpc) is 1.35. The summed E-state index contributed by atoms with van der Waals surface area (Å²) in [6.45, 7) is -0.769. The van der Waals surface area contributed by atoms with Gasteiger partial charge in [0.15, 0.2) is 0 Å². The number of hydrogen-bond donors (Lipinski definition) is 1. The third-order valence-corrected chi connectivity index (χ3v) is 0.308. The van der Waals surface area contributed by atoms with Gasteiger partial charge in [0.2, 0.25) is 0 Å². The Morgan fingerprint density at radius 1 is 1.71 bits per heavy atom. The molecule has 0 aliphatic carbocycles. The SMILES string of the molecule is O=C(O)CCF.[GaH3]. The molecule has 0 aromatic rings. The summed E-state index contributed by atoms with van der Waals surface area (Å²) in [7, 11) is 0. The first kappa shape index (κ1) is 10.1. The normalized spacial score (nSPS) is 7.00. The van der Waals surface area contributed by atoms with Crippen LogP contribution in [0.25, 0.3) is 0 Å². The number of aliphatic carboxylic acids is 1. The van der Waals surface area contributed by atoms with Crippen molar-refractivity contribution in [1.82, 2.24) is 0 Å². The summed E-state index contributed by atoms with van der Waals surface area (Å²) in [5, 5.41) is 7.67. The van der Waals surface area contributed by atoms with Crippen molar-refractivity contribution in [2.24, 2.45) is 0 Å². The van der Waals surface area contributed by atoms with Crippen LogP contribution in [0.15, 0.2) is 0 Å². The van der Waals surface area contributed by atoms with Gasteiger partial charge in [-0.1, -0.05) is 0 Å². The van der Waals surface area contributed by atoms with E-state index < -0.39 is 12.6 Å². The minimum absolute atomic E-state index is 0. The van der Waals surface area contributed by atoms with Crippen LogP contribution in [0.1, 0.15) is 6.42 Å². The molecule has 0 heterocycles. The van der Waals surface area contributed by atoms with Crippen LogP contribution in [0.5, 0.6) is 0 Å². The molecule has 0 aromatic carbocycles. The zero-order valence-corrected chi connectivity index (χ0v) is 3.15. The Morgan fingerprint density at radius 3 is 2.14 bits per heavy atom. The van der Waals surface area contributed by atoms with Crippen LogP contribution >= 0.6 is 0 Å². The van der Waals surface area contributed by atoms with Gasteiger partial charge in [-0.05, 0) is 0 Å². The molecule has 0 saturated carbocycles. The molecule has 1 N–H and O–H groups in total. The maximum atomic E-state index is 10.9. The van der Waals surface area contributed by atoms with Gasteiger partial charge in [0, 0.05) is 0 Å². The van der Waals surface area contributed by atoms with Gasteiger partial charge >= 0.3 is 25.8 Å². The minimum atomic E-state index is -1.09. The van der Waals surface area contributed by atoms with Crippen molar-refractivity contribution in [3.8, 4) is 0 Å². The number of carboxylic acid groups (broad SMARTS) is 1. The van der Waals surface area contributed by atoms with Gasteiger partial charge < -0.3 is 5.11 Å². The molecule has 2 nitrogen and oxygen atoms in total. The van der Waals surface area contributed by atoms with Crippen LogP contribution in [-0.4, -0.2) is 37.5 Å². The molecule has 0 aliphatic rings. The van der Waals surface area contributed by atoms with Gasteiger partial charge in [-0.2, -0.15) is 0 Å². The van der Waals surface area contributed by atoms with Crippen LogP contribution in [0, 0.1) is 0 Å². The number of halogens is 1. The van der Waals surface area contributed by atoms with Gasteiger partial charge in [0.05, 0.1) is 13.1 Å². The van der Waals surface area contributed by atoms with Crippen molar-refractivity contribution in [3.05, 3.63) is 0 Å². The summed E-state index contributed by atoms with van der Waals surface area (Å²) in [6, 6.07) is 0. The number of alkyl halides is 1. The van der Waals surface area contributed by atoms with E-state index in [9.17, 15) is 9.18 Å². The van der Waals surface area contributed by atoms with Crippen LogP contribution in [0.4, 0.5) is 4.39 Å². The van der Waals surface area contributed by atoms with E-state index in [2.05, 4.69) is 0 Å². The van der Waals surface area contributed by atoms with Gasteiger partial charge in [-0.3, -0.25) is 9.18 Å². The molecule has 0 aliphatic heterocycles. The summed E-state index contributed by atoms with van der Waals surface area (Å²) < 4.78 is 10.9. The summed E-state index contributed by atoms with van der Waals surface area (Å²) in [5.41, 5.74) is 0. The van der Waals surface area contributed by atoms with Crippen LogP contribution in [-0.2, 0) is 4.79 Å². The summed E-state index contributed by atoms with van der Waals surface area (Å²) in [4.78, 5) is 9.36. The Kier molecular flexibility index (Phi) is 8.72. The molecule has 0 rings (SSSR count). The summed E-state index contributed by atoms with van der Waals surface area (Å²) in [5.74, 6) is -1.09.